The van der Waals surface area contributed by atoms with E-state index >= 15 is 0 Å². The van der Waals surface area contributed by atoms with Crippen molar-refractivity contribution in [2.24, 2.45) is 0 Å². The third kappa shape index (κ3) is 5.05. The van der Waals surface area contributed by atoms with Crippen LogP contribution in [0.25, 0.3) is 71.0 Å². The molecule has 1 atom stereocenters. The molecule has 0 saturated carbocycles. The van der Waals surface area contributed by atoms with E-state index < -0.39 is 0 Å². The molecular formula is C48H35N3S. The van der Waals surface area contributed by atoms with E-state index in [9.17, 15) is 0 Å². The molecule has 3 nitrogen and oxygen atoms in total. The lowest BCUT2D eigenvalue weighted by molar-refractivity contribution is 0.660. The largest absolute Gasteiger partial charge is 0.208 e. The number of thiophene rings is 1. The van der Waals surface area contributed by atoms with E-state index in [2.05, 4.69) is 172 Å². The van der Waals surface area contributed by atoms with E-state index in [0.29, 0.717) is 23.4 Å². The van der Waals surface area contributed by atoms with Crippen molar-refractivity contribution in [1.82, 2.24) is 15.0 Å². The van der Waals surface area contributed by atoms with Crippen molar-refractivity contribution in [3.63, 3.8) is 0 Å². The molecule has 0 radical (unpaired) electrons. The summed E-state index contributed by atoms with van der Waals surface area (Å²) in [7, 11) is 0. The fourth-order valence-corrected chi connectivity index (χ4v) is 9.35. The Balaban J connectivity index is 1.11. The molecule has 0 saturated heterocycles. The van der Waals surface area contributed by atoms with E-state index in [1.165, 1.54) is 53.6 Å². The summed E-state index contributed by atoms with van der Waals surface area (Å²) in [6.07, 6.45) is 7.91. The number of benzene rings is 6. The van der Waals surface area contributed by atoms with Crippen LogP contribution in [0.3, 0.4) is 0 Å². The molecule has 4 heteroatoms. The van der Waals surface area contributed by atoms with Crippen LogP contribution in [0.15, 0.2) is 158 Å². The first-order chi connectivity index (χ1) is 25.5. The van der Waals surface area contributed by atoms with Gasteiger partial charge in [-0.05, 0) is 69.6 Å². The van der Waals surface area contributed by atoms with E-state index in [0.717, 1.165) is 28.7 Å². The summed E-state index contributed by atoms with van der Waals surface area (Å²) in [6, 6.07) is 50.0. The highest BCUT2D eigenvalue weighted by molar-refractivity contribution is 7.26. The van der Waals surface area contributed by atoms with Gasteiger partial charge >= 0.3 is 0 Å². The minimum atomic E-state index is -0.127. The van der Waals surface area contributed by atoms with Gasteiger partial charge in [-0.25, -0.2) is 15.0 Å². The molecule has 2 aromatic heterocycles. The molecule has 0 N–H and O–H groups in total. The van der Waals surface area contributed by atoms with Gasteiger partial charge in [-0.3, -0.25) is 0 Å². The van der Waals surface area contributed by atoms with E-state index in [-0.39, 0.29) is 5.41 Å². The zero-order chi connectivity index (χ0) is 34.8. The molecular weight excluding hydrogens is 651 g/mol. The molecule has 1 unspecified atom stereocenters. The van der Waals surface area contributed by atoms with Crippen molar-refractivity contribution in [2.45, 2.75) is 31.6 Å². The first kappa shape index (κ1) is 30.8. The number of allylic oxidation sites excluding steroid dienone is 4. The van der Waals surface area contributed by atoms with Crippen LogP contribution in [0.1, 0.15) is 48.4 Å². The molecule has 0 amide bonds. The first-order valence-corrected chi connectivity index (χ1v) is 18.8. The lowest BCUT2D eigenvalue weighted by Crippen LogP contribution is -2.15. The number of hydrogen-bond donors (Lipinski definition) is 0. The summed E-state index contributed by atoms with van der Waals surface area (Å²) in [5.74, 6) is 2.43. The molecule has 8 aromatic rings. The van der Waals surface area contributed by atoms with Crippen molar-refractivity contribution < 1.29 is 0 Å². The van der Waals surface area contributed by atoms with Gasteiger partial charge in [0.2, 0.25) is 0 Å². The van der Waals surface area contributed by atoms with Crippen molar-refractivity contribution in [3.05, 3.63) is 180 Å². The Kier molecular flexibility index (Phi) is 7.16. The lowest BCUT2D eigenvalue weighted by Gasteiger charge is -2.21. The van der Waals surface area contributed by atoms with Crippen LogP contribution >= 0.6 is 11.3 Å². The number of nitrogens with zero attached hydrogens (tertiary/aromatic N) is 3. The van der Waals surface area contributed by atoms with Gasteiger partial charge in [-0.2, -0.15) is 0 Å². The minimum absolute atomic E-state index is 0.127. The average molecular weight is 686 g/mol. The Morgan fingerprint density at radius 2 is 1.23 bits per heavy atom. The zero-order valence-electron chi connectivity index (χ0n) is 29.0. The molecule has 2 aliphatic carbocycles. The van der Waals surface area contributed by atoms with Crippen molar-refractivity contribution in [3.8, 4) is 45.3 Å². The topological polar surface area (TPSA) is 38.7 Å². The maximum atomic E-state index is 5.25. The maximum absolute atomic E-state index is 5.25. The number of aromatic nitrogens is 3. The van der Waals surface area contributed by atoms with Crippen LogP contribution in [0.5, 0.6) is 0 Å². The van der Waals surface area contributed by atoms with Crippen LogP contribution in [0.4, 0.5) is 0 Å². The molecule has 2 heterocycles. The summed E-state index contributed by atoms with van der Waals surface area (Å²) in [5.41, 5.74) is 11.8. The monoisotopic (exact) mass is 685 g/mol. The fraction of sp³-hybridized carbons (Fsp3) is 0.104. The molecule has 0 aliphatic heterocycles. The predicted molar refractivity (Wildman–Crippen MR) is 218 cm³/mol. The van der Waals surface area contributed by atoms with Crippen LogP contribution in [0, 0.1) is 0 Å². The van der Waals surface area contributed by atoms with Crippen LogP contribution in [0.2, 0.25) is 0 Å². The molecule has 0 bridgehead atoms. The highest BCUT2D eigenvalue weighted by Gasteiger charge is 2.35. The van der Waals surface area contributed by atoms with E-state index in [1.54, 1.807) is 11.3 Å². The van der Waals surface area contributed by atoms with Crippen molar-refractivity contribution >= 4 is 37.1 Å². The molecule has 0 spiro atoms. The predicted octanol–water partition coefficient (Wildman–Crippen LogP) is 12.7. The van der Waals surface area contributed by atoms with Gasteiger partial charge in [0, 0.05) is 48.2 Å². The average Bonchev–Trinajstić information content (AvgIpc) is 3.70. The SMILES string of the molecule is CC1(C)c2ccccc2-c2ccc(-c3nc(-c4cccc(C5=CCC(c6ccccc6)C=C5)c4)nc(-c4cccc5c4sc4ccccc45)n3)cc21. The van der Waals surface area contributed by atoms with Gasteiger partial charge in [-0.1, -0.05) is 147 Å². The van der Waals surface area contributed by atoms with E-state index in [4.69, 9.17) is 15.0 Å². The first-order valence-electron chi connectivity index (χ1n) is 18.0. The molecule has 6 aromatic carbocycles. The van der Waals surface area contributed by atoms with Gasteiger partial charge in [-0.15, -0.1) is 11.3 Å². The minimum Gasteiger partial charge on any atom is -0.208 e. The Morgan fingerprint density at radius 1 is 0.558 bits per heavy atom. The number of fused-ring (bicyclic) bond motifs is 6. The number of rotatable bonds is 5. The molecule has 52 heavy (non-hydrogen) atoms. The van der Waals surface area contributed by atoms with Crippen molar-refractivity contribution in [1.29, 1.82) is 0 Å². The van der Waals surface area contributed by atoms with Crippen molar-refractivity contribution in [2.75, 3.05) is 0 Å². The molecule has 0 fully saturated rings. The van der Waals surface area contributed by atoms with Gasteiger partial charge in [0.25, 0.3) is 0 Å². The number of hydrogen-bond acceptors (Lipinski definition) is 4. The van der Waals surface area contributed by atoms with Gasteiger partial charge in [0.15, 0.2) is 17.5 Å². The maximum Gasteiger partial charge on any atom is 0.165 e. The van der Waals surface area contributed by atoms with Gasteiger partial charge < -0.3 is 0 Å². The fourth-order valence-electron chi connectivity index (χ4n) is 8.14. The normalized spacial score (nSPS) is 15.8. The Hall–Kier alpha value is -5.97. The highest BCUT2D eigenvalue weighted by atomic mass is 32.1. The van der Waals surface area contributed by atoms with Gasteiger partial charge in [0.1, 0.15) is 0 Å². The van der Waals surface area contributed by atoms with Gasteiger partial charge in [0.05, 0.1) is 0 Å². The molecule has 10 rings (SSSR count). The second-order valence-corrected chi connectivity index (χ2v) is 15.4. The van der Waals surface area contributed by atoms with Crippen LogP contribution in [-0.2, 0) is 5.41 Å². The standard InChI is InChI=1S/C48H35N3S/c1-48(2)41-20-8-6-16-36(41)37-27-26-35(29-42(37)48)46-49-45(50-47(51-46)40-19-11-18-39-38-17-7-9-21-43(38)52-44(39)40)34-15-10-14-33(28-34)32-24-22-31(23-25-32)30-12-4-3-5-13-30/h3-22,24-29,31H,23H2,1-2H3. The third-order valence-corrected chi connectivity index (χ3v) is 12.1. The second kappa shape index (κ2) is 12.1. The summed E-state index contributed by atoms with van der Waals surface area (Å²) in [6.45, 7) is 4.63. The quantitative estimate of drug-likeness (QED) is 0.181. The summed E-state index contributed by atoms with van der Waals surface area (Å²) >= 11 is 1.80. The van der Waals surface area contributed by atoms with Crippen LogP contribution < -0.4 is 0 Å². The zero-order valence-corrected chi connectivity index (χ0v) is 29.9. The summed E-state index contributed by atoms with van der Waals surface area (Å²) in [4.78, 5) is 15.7. The lowest BCUT2D eigenvalue weighted by atomic mass is 9.82. The molecule has 2 aliphatic rings. The highest BCUT2D eigenvalue weighted by Crippen LogP contribution is 2.49. The Labute approximate surface area is 307 Å². The van der Waals surface area contributed by atoms with Crippen LogP contribution in [-0.4, -0.2) is 15.0 Å². The Bertz CT molecular complexity index is 2750. The third-order valence-electron chi connectivity index (χ3n) is 10.9. The summed E-state index contributed by atoms with van der Waals surface area (Å²) in [5, 5.41) is 2.49. The summed E-state index contributed by atoms with van der Waals surface area (Å²) < 4.78 is 2.45. The van der Waals surface area contributed by atoms with E-state index in [1.807, 2.05) is 0 Å². The second-order valence-electron chi connectivity index (χ2n) is 14.4. The Morgan fingerprint density at radius 3 is 2.08 bits per heavy atom. The smallest absolute Gasteiger partial charge is 0.165 e. The molecule has 248 valence electrons.